The highest BCUT2D eigenvalue weighted by atomic mass is 19.2. The number of rotatable bonds is 1. The quantitative estimate of drug-likeness (QED) is 0.843. The van der Waals surface area contributed by atoms with Gasteiger partial charge >= 0.3 is 0 Å². The van der Waals surface area contributed by atoms with Crippen LogP contribution in [0.3, 0.4) is 0 Å². The van der Waals surface area contributed by atoms with Crippen molar-refractivity contribution >= 4 is 5.69 Å². The fourth-order valence-electron chi connectivity index (χ4n) is 3.28. The highest BCUT2D eigenvalue weighted by Gasteiger charge is 2.40. The van der Waals surface area contributed by atoms with Gasteiger partial charge in [-0.15, -0.1) is 0 Å². The Morgan fingerprint density at radius 3 is 2.50 bits per heavy atom. The van der Waals surface area contributed by atoms with Crippen molar-refractivity contribution in [2.24, 2.45) is 5.92 Å². The Hall–Kier alpha value is -1.91. The molecular formula is C17H19F2N3. The lowest BCUT2D eigenvalue weighted by Crippen LogP contribution is -2.26. The average molecular weight is 303 g/mol. The highest BCUT2D eigenvalue weighted by molar-refractivity contribution is 5.82. The second-order valence-electron chi connectivity index (χ2n) is 7.30. The van der Waals surface area contributed by atoms with Crippen LogP contribution in [0.2, 0.25) is 0 Å². The van der Waals surface area contributed by atoms with Crippen molar-refractivity contribution in [2.45, 2.75) is 45.2 Å². The van der Waals surface area contributed by atoms with Gasteiger partial charge in [0.15, 0.2) is 11.6 Å². The van der Waals surface area contributed by atoms with Crippen LogP contribution in [0.4, 0.5) is 14.5 Å². The predicted molar refractivity (Wildman–Crippen MR) is 81.7 cm³/mol. The van der Waals surface area contributed by atoms with Gasteiger partial charge in [-0.05, 0) is 45.6 Å². The van der Waals surface area contributed by atoms with E-state index in [4.69, 9.17) is 0 Å². The first-order valence-electron chi connectivity index (χ1n) is 7.70. The first-order valence-corrected chi connectivity index (χ1v) is 7.70. The fourth-order valence-corrected chi connectivity index (χ4v) is 3.28. The molecule has 22 heavy (non-hydrogen) atoms. The molecule has 0 saturated heterocycles. The fraction of sp³-hybridized carbons (Fsp3) is 0.471. The zero-order chi connectivity index (χ0) is 15.6. The second-order valence-corrected chi connectivity index (χ2v) is 7.30. The van der Waals surface area contributed by atoms with E-state index in [9.17, 15) is 8.78 Å². The summed E-state index contributed by atoms with van der Waals surface area (Å²) in [7, 11) is 0. The maximum atomic E-state index is 13.8. The molecule has 5 heteroatoms. The number of aromatic nitrogens is 2. The summed E-state index contributed by atoms with van der Waals surface area (Å²) in [5.41, 5.74) is 3.14. The van der Waals surface area contributed by atoms with Gasteiger partial charge in [0.2, 0.25) is 0 Å². The predicted octanol–water partition coefficient (Wildman–Crippen LogP) is 4.46. The average Bonchev–Trinajstić information content (AvgIpc) is 3.16. The van der Waals surface area contributed by atoms with Crippen LogP contribution in [-0.2, 0) is 5.54 Å². The molecule has 0 spiro atoms. The Morgan fingerprint density at radius 2 is 1.86 bits per heavy atom. The summed E-state index contributed by atoms with van der Waals surface area (Å²) < 4.78 is 29.3. The highest BCUT2D eigenvalue weighted by Crippen LogP contribution is 2.50. The monoisotopic (exact) mass is 303 g/mol. The van der Waals surface area contributed by atoms with Gasteiger partial charge in [-0.1, -0.05) is 0 Å². The lowest BCUT2D eigenvalue weighted by Gasteiger charge is -2.31. The second kappa shape index (κ2) is 4.31. The number of halogens is 2. The minimum atomic E-state index is -0.821. The van der Waals surface area contributed by atoms with Gasteiger partial charge in [-0.25, -0.2) is 8.78 Å². The zero-order valence-corrected chi connectivity index (χ0v) is 13.0. The summed E-state index contributed by atoms with van der Waals surface area (Å²) in [6, 6.07) is 2.69. The summed E-state index contributed by atoms with van der Waals surface area (Å²) in [6.45, 7) is 6.19. The standard InChI is InChI=1S/C17H19F2N3/c1-17(2,3)22-16-10-6-12(18)13(19)7-14(10)21-15(9-4-5-9)11(16)8-20-22/h6-9,15,21H,4-5H2,1-3H3/t15-/m1/s1. The molecule has 2 aliphatic rings. The maximum absolute atomic E-state index is 13.8. The number of benzene rings is 1. The van der Waals surface area contributed by atoms with Crippen LogP contribution >= 0.6 is 0 Å². The minimum Gasteiger partial charge on any atom is -0.377 e. The Kier molecular flexibility index (Phi) is 2.69. The molecule has 1 N–H and O–H groups in total. The summed E-state index contributed by atoms with van der Waals surface area (Å²) in [6.07, 6.45) is 4.20. The van der Waals surface area contributed by atoms with E-state index in [0.717, 1.165) is 24.1 Å². The van der Waals surface area contributed by atoms with E-state index in [2.05, 4.69) is 31.2 Å². The molecular weight excluding hydrogens is 284 g/mol. The van der Waals surface area contributed by atoms with Crippen LogP contribution < -0.4 is 5.32 Å². The first kappa shape index (κ1) is 13.7. The van der Waals surface area contributed by atoms with Gasteiger partial charge in [-0.2, -0.15) is 5.10 Å². The molecule has 116 valence electrons. The number of hydrogen-bond acceptors (Lipinski definition) is 2. The third kappa shape index (κ3) is 1.95. The Balaban J connectivity index is 1.97. The number of hydrogen-bond donors (Lipinski definition) is 1. The normalized spacial score (nSPS) is 20.3. The molecule has 1 aliphatic carbocycles. The number of nitrogens with zero attached hydrogens (tertiary/aromatic N) is 2. The van der Waals surface area contributed by atoms with E-state index in [0.29, 0.717) is 17.2 Å². The Labute approximate surface area is 128 Å². The largest absolute Gasteiger partial charge is 0.377 e. The van der Waals surface area contributed by atoms with Crippen molar-refractivity contribution in [3.05, 3.63) is 35.5 Å². The van der Waals surface area contributed by atoms with Crippen molar-refractivity contribution in [3.8, 4) is 11.3 Å². The van der Waals surface area contributed by atoms with Crippen LogP contribution in [0.5, 0.6) is 0 Å². The van der Waals surface area contributed by atoms with Crippen molar-refractivity contribution in [1.29, 1.82) is 0 Å². The molecule has 1 fully saturated rings. The van der Waals surface area contributed by atoms with E-state index >= 15 is 0 Å². The summed E-state index contributed by atoms with van der Waals surface area (Å²) in [4.78, 5) is 0. The van der Waals surface area contributed by atoms with Crippen molar-refractivity contribution in [3.63, 3.8) is 0 Å². The van der Waals surface area contributed by atoms with Crippen LogP contribution in [-0.4, -0.2) is 9.78 Å². The SMILES string of the molecule is CC(C)(C)n1ncc2c1-c1cc(F)c(F)cc1N[C@@H]2C1CC1. The Bertz CT molecular complexity index is 754. The molecule has 2 aromatic rings. The molecule has 1 aromatic carbocycles. The Morgan fingerprint density at radius 1 is 1.18 bits per heavy atom. The summed E-state index contributed by atoms with van der Waals surface area (Å²) in [5, 5.41) is 7.93. The van der Waals surface area contributed by atoms with Gasteiger partial charge in [0, 0.05) is 22.9 Å². The smallest absolute Gasteiger partial charge is 0.160 e. The van der Waals surface area contributed by atoms with Gasteiger partial charge in [0.25, 0.3) is 0 Å². The van der Waals surface area contributed by atoms with E-state index < -0.39 is 11.6 Å². The van der Waals surface area contributed by atoms with Crippen molar-refractivity contribution in [1.82, 2.24) is 9.78 Å². The van der Waals surface area contributed by atoms with Gasteiger partial charge in [0.05, 0.1) is 23.5 Å². The summed E-state index contributed by atoms with van der Waals surface area (Å²) in [5.74, 6) is -1.08. The lowest BCUT2D eigenvalue weighted by molar-refractivity contribution is 0.359. The molecule has 0 bridgehead atoms. The molecule has 1 saturated carbocycles. The van der Waals surface area contributed by atoms with Gasteiger partial charge < -0.3 is 5.32 Å². The minimum absolute atomic E-state index is 0.142. The van der Waals surface area contributed by atoms with Crippen LogP contribution in [0.25, 0.3) is 11.3 Å². The van der Waals surface area contributed by atoms with Crippen LogP contribution in [0, 0.1) is 17.6 Å². The van der Waals surface area contributed by atoms with Crippen molar-refractivity contribution < 1.29 is 8.78 Å². The molecule has 2 heterocycles. The van der Waals surface area contributed by atoms with E-state index in [1.54, 1.807) is 0 Å². The molecule has 1 aromatic heterocycles. The molecule has 3 nitrogen and oxygen atoms in total. The zero-order valence-electron chi connectivity index (χ0n) is 13.0. The number of anilines is 1. The molecule has 0 radical (unpaired) electrons. The summed E-state index contributed by atoms with van der Waals surface area (Å²) >= 11 is 0. The van der Waals surface area contributed by atoms with Crippen molar-refractivity contribution in [2.75, 3.05) is 5.32 Å². The van der Waals surface area contributed by atoms with Gasteiger partial charge in [0.1, 0.15) is 0 Å². The van der Waals surface area contributed by atoms with Gasteiger partial charge in [-0.3, -0.25) is 4.68 Å². The van der Waals surface area contributed by atoms with E-state index in [1.807, 2.05) is 10.9 Å². The molecule has 4 rings (SSSR count). The van der Waals surface area contributed by atoms with E-state index in [1.165, 1.54) is 12.1 Å². The maximum Gasteiger partial charge on any atom is 0.160 e. The third-order valence-corrected chi connectivity index (χ3v) is 4.49. The topological polar surface area (TPSA) is 29.9 Å². The first-order chi connectivity index (χ1) is 10.4. The van der Waals surface area contributed by atoms with Crippen LogP contribution in [0.15, 0.2) is 18.3 Å². The lowest BCUT2D eigenvalue weighted by atomic mass is 9.92. The van der Waals surface area contributed by atoms with E-state index in [-0.39, 0.29) is 11.6 Å². The van der Waals surface area contributed by atoms with Crippen LogP contribution in [0.1, 0.15) is 45.2 Å². The number of fused-ring (bicyclic) bond motifs is 3. The molecule has 0 unspecified atom stereocenters. The third-order valence-electron chi connectivity index (χ3n) is 4.49. The number of nitrogens with one attached hydrogen (secondary N) is 1. The molecule has 0 amide bonds. The molecule has 1 atom stereocenters. The molecule has 1 aliphatic heterocycles.